The zero-order chi connectivity index (χ0) is 7.82. The van der Waals surface area contributed by atoms with Crippen molar-refractivity contribution in [2.24, 2.45) is 0 Å². The number of allylic oxidation sites excluding steroid dienone is 2. The van der Waals surface area contributed by atoms with Crippen LogP contribution >= 0.6 is 0 Å². The molecule has 0 amide bonds. The van der Waals surface area contributed by atoms with Crippen LogP contribution in [0.4, 0.5) is 0 Å². The van der Waals surface area contributed by atoms with Gasteiger partial charge >= 0.3 is 0 Å². The Labute approximate surface area is 65.3 Å². The van der Waals surface area contributed by atoms with Gasteiger partial charge in [-0.15, -0.1) is 0 Å². The molecule has 0 fully saturated rings. The predicted octanol–water partition coefficient (Wildman–Crippen LogP) is 3.74. The van der Waals surface area contributed by atoms with Gasteiger partial charge in [-0.3, -0.25) is 0 Å². The van der Waals surface area contributed by atoms with E-state index in [9.17, 15) is 0 Å². The first-order valence-electron chi connectivity index (χ1n) is 4.26. The van der Waals surface area contributed by atoms with E-state index in [-0.39, 0.29) is 0 Å². The lowest BCUT2D eigenvalue weighted by atomic mass is 10.1. The fraction of sp³-hybridized carbons (Fsp3) is 0.700. The molecule has 0 heterocycles. The van der Waals surface area contributed by atoms with Crippen LogP contribution in [0.25, 0.3) is 0 Å². The largest absolute Gasteiger partial charge is 0.0856 e. The van der Waals surface area contributed by atoms with Gasteiger partial charge in [-0.25, -0.2) is 0 Å². The minimum absolute atomic E-state index is 1.21. The Hall–Kier alpha value is -0.260. The van der Waals surface area contributed by atoms with Crippen LogP contribution in [0, 0.1) is 6.92 Å². The average molecular weight is 139 g/mol. The summed E-state index contributed by atoms with van der Waals surface area (Å²) >= 11 is 0. The van der Waals surface area contributed by atoms with Crippen molar-refractivity contribution in [3.05, 3.63) is 18.6 Å². The van der Waals surface area contributed by atoms with E-state index in [2.05, 4.69) is 26.8 Å². The lowest BCUT2D eigenvalue weighted by Crippen LogP contribution is -1.74. The minimum atomic E-state index is 1.21. The zero-order valence-corrected chi connectivity index (χ0v) is 7.32. The number of hydrogen-bond acceptors (Lipinski definition) is 0. The van der Waals surface area contributed by atoms with E-state index in [0.717, 1.165) is 0 Å². The number of rotatable bonds is 5. The van der Waals surface area contributed by atoms with E-state index in [1.54, 1.807) is 0 Å². The molecule has 0 heteroatoms. The maximum Gasteiger partial charge on any atom is -0.0286 e. The Balaban J connectivity index is 2.98. The summed E-state index contributed by atoms with van der Waals surface area (Å²) in [6.07, 6.45) is 8.85. The molecule has 0 aliphatic rings. The van der Waals surface area contributed by atoms with Crippen molar-refractivity contribution in [2.45, 2.75) is 46.0 Å². The van der Waals surface area contributed by atoms with E-state index in [4.69, 9.17) is 0 Å². The van der Waals surface area contributed by atoms with Gasteiger partial charge in [0.1, 0.15) is 0 Å². The van der Waals surface area contributed by atoms with Crippen LogP contribution in [0.3, 0.4) is 0 Å². The summed E-state index contributed by atoms with van der Waals surface area (Å²) in [5.41, 5.74) is 1.21. The van der Waals surface area contributed by atoms with Gasteiger partial charge < -0.3 is 0 Å². The van der Waals surface area contributed by atoms with Crippen molar-refractivity contribution in [3.8, 4) is 0 Å². The smallest absolute Gasteiger partial charge is 0.0286 e. The molecule has 0 unspecified atom stereocenters. The third-order valence-electron chi connectivity index (χ3n) is 1.55. The van der Waals surface area contributed by atoms with Crippen molar-refractivity contribution < 1.29 is 0 Å². The molecule has 0 aliphatic carbocycles. The van der Waals surface area contributed by atoms with E-state index >= 15 is 0 Å². The molecule has 0 spiro atoms. The highest BCUT2D eigenvalue weighted by Gasteiger charge is 1.84. The summed E-state index contributed by atoms with van der Waals surface area (Å²) in [5, 5.41) is 0. The van der Waals surface area contributed by atoms with Crippen LogP contribution < -0.4 is 0 Å². The molecule has 0 aromatic heterocycles. The maximum atomic E-state index is 3.82. The van der Waals surface area contributed by atoms with Crippen molar-refractivity contribution in [2.75, 3.05) is 0 Å². The van der Waals surface area contributed by atoms with E-state index in [0.29, 0.717) is 0 Å². The molecular formula is C10H19. The molecule has 0 aromatic carbocycles. The summed E-state index contributed by atoms with van der Waals surface area (Å²) < 4.78 is 0. The van der Waals surface area contributed by atoms with Gasteiger partial charge in [0, 0.05) is 0 Å². The highest BCUT2D eigenvalue weighted by atomic mass is 13.9. The van der Waals surface area contributed by atoms with Gasteiger partial charge in [-0.05, 0) is 26.7 Å². The average Bonchev–Trinajstić information content (AvgIpc) is 1.87. The summed E-state index contributed by atoms with van der Waals surface area (Å²) in [6, 6.07) is 0. The van der Waals surface area contributed by atoms with Gasteiger partial charge in [0.25, 0.3) is 0 Å². The number of unbranched alkanes of at least 4 members (excludes halogenated alkanes) is 4. The summed E-state index contributed by atoms with van der Waals surface area (Å²) in [5.74, 6) is 0. The fourth-order valence-electron chi connectivity index (χ4n) is 0.920. The summed E-state index contributed by atoms with van der Waals surface area (Å²) in [6.45, 7) is 8.11. The van der Waals surface area contributed by atoms with E-state index < -0.39 is 0 Å². The monoisotopic (exact) mass is 139 g/mol. The molecule has 0 nitrogen and oxygen atoms in total. The Morgan fingerprint density at radius 3 is 2.50 bits per heavy atom. The molecule has 0 N–H and O–H groups in total. The van der Waals surface area contributed by atoms with E-state index in [1.807, 2.05) is 0 Å². The highest BCUT2D eigenvalue weighted by Crippen LogP contribution is 2.04. The number of hydrogen-bond donors (Lipinski definition) is 0. The van der Waals surface area contributed by atoms with Crippen molar-refractivity contribution in [3.63, 3.8) is 0 Å². The van der Waals surface area contributed by atoms with Crippen LogP contribution in [-0.2, 0) is 0 Å². The quantitative estimate of drug-likeness (QED) is 0.509. The Bertz CT molecular complexity index is 86.2. The third-order valence-corrected chi connectivity index (χ3v) is 1.55. The van der Waals surface area contributed by atoms with Crippen LogP contribution in [0.1, 0.15) is 46.0 Å². The van der Waals surface area contributed by atoms with E-state index in [1.165, 1.54) is 37.7 Å². The second-order valence-electron chi connectivity index (χ2n) is 2.90. The molecule has 0 atom stereocenters. The lowest BCUT2D eigenvalue weighted by Gasteiger charge is -1.94. The Morgan fingerprint density at radius 1 is 1.30 bits per heavy atom. The maximum absolute atomic E-state index is 3.82. The molecule has 1 radical (unpaired) electrons. The third kappa shape index (κ3) is 7.74. The first-order valence-corrected chi connectivity index (χ1v) is 4.26. The first kappa shape index (κ1) is 9.74. The van der Waals surface area contributed by atoms with Crippen molar-refractivity contribution in [1.29, 1.82) is 0 Å². The van der Waals surface area contributed by atoms with Crippen LogP contribution in [0.15, 0.2) is 11.6 Å². The molecular weight excluding hydrogens is 120 g/mol. The second kappa shape index (κ2) is 6.85. The van der Waals surface area contributed by atoms with Crippen LogP contribution in [0.5, 0.6) is 0 Å². The zero-order valence-electron chi connectivity index (χ0n) is 7.32. The molecule has 0 saturated carbocycles. The van der Waals surface area contributed by atoms with Gasteiger partial charge in [0.15, 0.2) is 0 Å². The highest BCUT2D eigenvalue weighted by molar-refractivity contribution is 5.00. The van der Waals surface area contributed by atoms with Gasteiger partial charge in [-0.1, -0.05) is 37.8 Å². The molecule has 0 aliphatic heterocycles. The predicted molar refractivity (Wildman–Crippen MR) is 47.9 cm³/mol. The van der Waals surface area contributed by atoms with Gasteiger partial charge in [0.2, 0.25) is 0 Å². The van der Waals surface area contributed by atoms with Crippen LogP contribution in [-0.4, -0.2) is 0 Å². The second-order valence-corrected chi connectivity index (χ2v) is 2.90. The molecule has 10 heavy (non-hydrogen) atoms. The van der Waals surface area contributed by atoms with Crippen molar-refractivity contribution >= 4 is 0 Å². The minimum Gasteiger partial charge on any atom is -0.0856 e. The standard InChI is InChI=1S/C10H19/c1-4-5-6-7-8-9-10(2)3/h9H,2,4-8H2,1,3H3. The molecule has 0 saturated heterocycles. The Kier molecular flexibility index (Phi) is 6.68. The summed E-state index contributed by atoms with van der Waals surface area (Å²) in [7, 11) is 0. The molecule has 0 aromatic rings. The SMILES string of the molecule is [CH2]C(C)=CCCCCCC. The molecule has 0 bridgehead atoms. The first-order chi connectivity index (χ1) is 4.77. The normalized spacial score (nSPS) is 12.1. The lowest BCUT2D eigenvalue weighted by molar-refractivity contribution is 0.673. The van der Waals surface area contributed by atoms with Gasteiger partial charge in [0.05, 0.1) is 0 Å². The molecule has 59 valence electrons. The van der Waals surface area contributed by atoms with Crippen LogP contribution in [0.2, 0.25) is 0 Å². The molecule has 0 rings (SSSR count). The van der Waals surface area contributed by atoms with Crippen molar-refractivity contribution in [1.82, 2.24) is 0 Å². The topological polar surface area (TPSA) is 0 Å². The summed E-state index contributed by atoms with van der Waals surface area (Å²) in [4.78, 5) is 0. The fourth-order valence-corrected chi connectivity index (χ4v) is 0.920. The van der Waals surface area contributed by atoms with Gasteiger partial charge in [-0.2, -0.15) is 0 Å². The Morgan fingerprint density at radius 2 is 2.00 bits per heavy atom.